The van der Waals surface area contributed by atoms with Crippen LogP contribution in [-0.4, -0.2) is 24.9 Å². The fourth-order valence-electron chi connectivity index (χ4n) is 1.75. The summed E-state index contributed by atoms with van der Waals surface area (Å²) in [5, 5.41) is 17.4. The highest BCUT2D eigenvalue weighted by atomic mass is 16.2. The van der Waals surface area contributed by atoms with Gasteiger partial charge >= 0.3 is 5.69 Å². The molecule has 0 aliphatic heterocycles. The van der Waals surface area contributed by atoms with E-state index in [1.807, 2.05) is 0 Å². The van der Waals surface area contributed by atoms with Crippen molar-refractivity contribution in [3.8, 4) is 12.1 Å². The van der Waals surface area contributed by atoms with Gasteiger partial charge in [-0.2, -0.15) is 10.5 Å². The molecule has 0 atom stereocenters. The van der Waals surface area contributed by atoms with Crippen molar-refractivity contribution in [2.75, 3.05) is 0 Å². The van der Waals surface area contributed by atoms with Crippen LogP contribution in [0.1, 0.15) is 10.5 Å². The molecule has 0 unspecified atom stereocenters. The molecule has 2 aromatic rings. The molecule has 0 N–H and O–H groups in total. The maximum absolute atomic E-state index is 12.0. The van der Waals surface area contributed by atoms with Crippen LogP contribution in [0.2, 0.25) is 0 Å². The molecule has 0 saturated heterocycles. The predicted octanol–water partition coefficient (Wildman–Crippen LogP) is -1.13. The van der Waals surface area contributed by atoms with Gasteiger partial charge in [-0.1, -0.05) is 0 Å². The van der Waals surface area contributed by atoms with Gasteiger partial charge in [-0.05, 0) is 0 Å². The van der Waals surface area contributed by atoms with Gasteiger partial charge in [0.05, 0.1) is 18.3 Å². The van der Waals surface area contributed by atoms with Crippen LogP contribution in [0.15, 0.2) is 15.8 Å². The second kappa shape index (κ2) is 4.98. The molecule has 9 nitrogen and oxygen atoms in total. The minimum atomic E-state index is -1.52. The molecule has 0 bridgehead atoms. The number of nitriles is 2. The van der Waals surface area contributed by atoms with Crippen molar-refractivity contribution >= 4 is 16.9 Å². The molecule has 21 heavy (non-hydrogen) atoms. The van der Waals surface area contributed by atoms with E-state index in [9.17, 15) is 14.4 Å². The van der Waals surface area contributed by atoms with Gasteiger partial charge in [-0.25, -0.2) is 14.8 Å². The Hall–Kier alpha value is -3.33. The number of aromatic nitrogens is 4. The molecule has 0 aromatic carbocycles. The van der Waals surface area contributed by atoms with Crippen molar-refractivity contribution in [3.63, 3.8) is 0 Å². The number of hydrogen-bond donors (Lipinski definition) is 0. The second-order valence-corrected chi connectivity index (χ2v) is 4.19. The number of nitrogens with zero attached hydrogens (tertiary/aromatic N) is 6. The molecule has 0 aliphatic rings. The number of carbonyl (C=O) groups excluding carboxylic acids is 1. The average Bonchev–Trinajstić information content (AvgIpc) is 2.51. The van der Waals surface area contributed by atoms with Gasteiger partial charge in [0.25, 0.3) is 5.56 Å². The third-order valence-electron chi connectivity index (χ3n) is 2.92. The molecule has 0 aliphatic carbocycles. The molecule has 9 heteroatoms. The second-order valence-electron chi connectivity index (χ2n) is 4.19. The quantitative estimate of drug-likeness (QED) is 0.637. The number of Topliss-reactive ketones (excluding diaryl/α,β-unsaturated/α-hetero) is 1. The zero-order chi connectivity index (χ0) is 15.7. The lowest BCUT2D eigenvalue weighted by Crippen LogP contribution is -2.38. The van der Waals surface area contributed by atoms with E-state index in [0.717, 1.165) is 15.3 Å². The Morgan fingerprint density at radius 2 is 1.86 bits per heavy atom. The third kappa shape index (κ3) is 2.07. The first-order chi connectivity index (χ1) is 9.92. The monoisotopic (exact) mass is 284 g/mol. The van der Waals surface area contributed by atoms with E-state index in [1.165, 1.54) is 26.2 Å². The highest BCUT2D eigenvalue weighted by molar-refractivity contribution is 6.00. The normalized spacial score (nSPS) is 10.3. The van der Waals surface area contributed by atoms with E-state index in [-0.39, 0.29) is 16.9 Å². The molecule has 2 rings (SSSR count). The van der Waals surface area contributed by atoms with Crippen molar-refractivity contribution in [3.05, 3.63) is 32.7 Å². The summed E-state index contributed by atoms with van der Waals surface area (Å²) < 4.78 is 1.95. The first kappa shape index (κ1) is 14.1. The van der Waals surface area contributed by atoms with Crippen LogP contribution in [0, 0.1) is 28.6 Å². The van der Waals surface area contributed by atoms with Gasteiger partial charge in [0.2, 0.25) is 5.78 Å². The molecule has 104 valence electrons. The fourth-order valence-corrected chi connectivity index (χ4v) is 1.75. The molecular formula is C12H8N6O3. The van der Waals surface area contributed by atoms with Crippen LogP contribution in [0.3, 0.4) is 0 Å². The van der Waals surface area contributed by atoms with Gasteiger partial charge in [0.1, 0.15) is 5.69 Å². The summed E-state index contributed by atoms with van der Waals surface area (Å²) in [5.74, 6) is -2.36. The lowest BCUT2D eigenvalue weighted by Gasteiger charge is -2.06. The average molecular weight is 284 g/mol. The van der Waals surface area contributed by atoms with Crippen molar-refractivity contribution in [2.24, 2.45) is 20.0 Å². The maximum Gasteiger partial charge on any atom is 0.332 e. The Morgan fingerprint density at radius 3 is 2.43 bits per heavy atom. The standard InChI is InChI=1S/C12H8N6O3/c1-17-10-8(11(20)18(2)12(17)21)16-7(5-15-10)9(19)6(3-13)4-14/h5-6H,1-2H3. The first-order valence-electron chi connectivity index (χ1n) is 5.68. The van der Waals surface area contributed by atoms with E-state index in [1.54, 1.807) is 0 Å². The summed E-state index contributed by atoms with van der Waals surface area (Å²) >= 11 is 0. The third-order valence-corrected chi connectivity index (χ3v) is 2.92. The number of ketones is 1. The SMILES string of the molecule is Cn1c(=O)c2nc(C(=O)C(C#N)C#N)cnc2n(C)c1=O. The van der Waals surface area contributed by atoms with Gasteiger partial charge < -0.3 is 0 Å². The van der Waals surface area contributed by atoms with Crippen LogP contribution >= 0.6 is 0 Å². The molecule has 0 radical (unpaired) electrons. The number of carbonyl (C=O) groups is 1. The van der Waals surface area contributed by atoms with Crippen LogP contribution in [0.4, 0.5) is 0 Å². The minimum absolute atomic E-state index is 0.0186. The molecule has 2 heterocycles. The van der Waals surface area contributed by atoms with Crippen molar-refractivity contribution in [2.45, 2.75) is 0 Å². The number of hydrogen-bond acceptors (Lipinski definition) is 7. The predicted molar refractivity (Wildman–Crippen MR) is 69.1 cm³/mol. The molecule has 2 aromatic heterocycles. The largest absolute Gasteiger partial charge is 0.332 e. The van der Waals surface area contributed by atoms with Crippen molar-refractivity contribution < 1.29 is 4.79 Å². The summed E-state index contributed by atoms with van der Waals surface area (Å²) in [7, 11) is 2.68. The van der Waals surface area contributed by atoms with Crippen LogP contribution in [0.5, 0.6) is 0 Å². The smallest absolute Gasteiger partial charge is 0.290 e. The minimum Gasteiger partial charge on any atom is -0.290 e. The summed E-state index contributed by atoms with van der Waals surface area (Å²) in [5.41, 5.74) is -1.72. The number of fused-ring (bicyclic) bond motifs is 1. The first-order valence-corrected chi connectivity index (χ1v) is 5.68. The summed E-state index contributed by atoms with van der Waals surface area (Å²) in [4.78, 5) is 43.3. The number of rotatable bonds is 2. The van der Waals surface area contributed by atoms with Crippen molar-refractivity contribution in [1.82, 2.24) is 19.1 Å². The Balaban J connectivity index is 2.78. The van der Waals surface area contributed by atoms with E-state index in [4.69, 9.17) is 10.5 Å². The van der Waals surface area contributed by atoms with Gasteiger partial charge in [-0.3, -0.25) is 18.7 Å². The number of aryl methyl sites for hydroxylation is 1. The molecular weight excluding hydrogens is 276 g/mol. The van der Waals surface area contributed by atoms with E-state index in [0.29, 0.717) is 0 Å². The van der Waals surface area contributed by atoms with E-state index in [2.05, 4.69) is 9.97 Å². The van der Waals surface area contributed by atoms with Gasteiger partial charge in [0.15, 0.2) is 17.1 Å². The molecule has 0 amide bonds. The van der Waals surface area contributed by atoms with Gasteiger partial charge in [0, 0.05) is 14.1 Å². The molecule has 0 saturated carbocycles. The van der Waals surface area contributed by atoms with Crippen LogP contribution in [-0.2, 0) is 14.1 Å². The Labute approximate surface area is 117 Å². The van der Waals surface area contributed by atoms with Crippen molar-refractivity contribution in [1.29, 1.82) is 10.5 Å². The Morgan fingerprint density at radius 1 is 1.24 bits per heavy atom. The highest BCUT2D eigenvalue weighted by Gasteiger charge is 2.22. The lowest BCUT2D eigenvalue weighted by atomic mass is 10.1. The zero-order valence-electron chi connectivity index (χ0n) is 11.1. The van der Waals surface area contributed by atoms with Gasteiger partial charge in [-0.15, -0.1) is 0 Å². The Kier molecular flexibility index (Phi) is 3.34. The van der Waals surface area contributed by atoms with Crippen LogP contribution < -0.4 is 11.2 Å². The molecule has 0 spiro atoms. The van der Waals surface area contributed by atoms with E-state index >= 15 is 0 Å². The topological polar surface area (TPSA) is 134 Å². The van der Waals surface area contributed by atoms with E-state index < -0.39 is 23.0 Å². The maximum atomic E-state index is 12.0. The summed E-state index contributed by atoms with van der Waals surface area (Å²) in [6, 6.07) is 3.06. The molecule has 0 fully saturated rings. The summed E-state index contributed by atoms with van der Waals surface area (Å²) in [6.07, 6.45) is 1.03. The van der Waals surface area contributed by atoms with Crippen LogP contribution in [0.25, 0.3) is 11.2 Å². The fraction of sp³-hybridized carbons (Fsp3) is 0.250. The highest BCUT2D eigenvalue weighted by Crippen LogP contribution is 2.07. The lowest BCUT2D eigenvalue weighted by molar-refractivity contribution is 0.0966. The zero-order valence-corrected chi connectivity index (χ0v) is 11.1. The summed E-state index contributed by atoms with van der Waals surface area (Å²) in [6.45, 7) is 0. The Bertz CT molecular complexity index is 942.